The fraction of sp³-hybridized carbons (Fsp3) is 0.208. The van der Waals surface area contributed by atoms with E-state index in [1.807, 2.05) is 30.3 Å². The zero-order chi connectivity index (χ0) is 19.0. The Morgan fingerprint density at radius 1 is 0.926 bits per heavy atom. The Balaban J connectivity index is 1.71. The van der Waals surface area contributed by atoms with Crippen LogP contribution in [0.4, 0.5) is 5.69 Å². The quantitative estimate of drug-likeness (QED) is 0.648. The number of ketones is 1. The van der Waals surface area contributed by atoms with Crippen molar-refractivity contribution in [2.75, 3.05) is 5.73 Å². The Kier molecular flexibility index (Phi) is 4.44. The average Bonchev–Trinajstić information content (AvgIpc) is 3.03. The lowest BCUT2D eigenvalue weighted by atomic mass is 9.89. The van der Waals surface area contributed by atoms with Crippen molar-refractivity contribution in [2.24, 2.45) is 0 Å². The second-order valence-corrected chi connectivity index (χ2v) is 7.19. The van der Waals surface area contributed by atoms with Gasteiger partial charge in [0.15, 0.2) is 5.78 Å². The highest BCUT2D eigenvalue weighted by molar-refractivity contribution is 6.04. The lowest BCUT2D eigenvalue weighted by Crippen LogP contribution is -2.02. The van der Waals surface area contributed by atoms with Crippen molar-refractivity contribution in [3.63, 3.8) is 0 Å². The molecule has 3 heteroatoms. The molecule has 2 N–H and O–H groups in total. The topological polar surface area (TPSA) is 52.3 Å². The molecule has 0 spiro atoms. The summed E-state index contributed by atoms with van der Waals surface area (Å²) in [6, 6.07) is 18.0. The number of fused-ring (bicyclic) bond motifs is 1. The number of ether oxygens (including phenoxy) is 1. The summed E-state index contributed by atoms with van der Waals surface area (Å²) < 4.78 is 6.00. The number of hydrogen-bond acceptors (Lipinski definition) is 3. The summed E-state index contributed by atoms with van der Waals surface area (Å²) in [5, 5.41) is 0. The van der Waals surface area contributed by atoms with Gasteiger partial charge in [-0.25, -0.2) is 0 Å². The summed E-state index contributed by atoms with van der Waals surface area (Å²) in [7, 11) is 0. The minimum atomic E-state index is 0.212. The van der Waals surface area contributed by atoms with Gasteiger partial charge in [0.25, 0.3) is 0 Å². The summed E-state index contributed by atoms with van der Waals surface area (Å²) >= 11 is 0. The molecular formula is C24H23NO2. The van der Waals surface area contributed by atoms with Gasteiger partial charge in [0.2, 0.25) is 0 Å². The molecule has 3 aromatic rings. The number of Topliss-reactive ketones (excluding diaryl/α,β-unsaturated/α-hetero) is 1. The maximum Gasteiger partial charge on any atom is 0.163 e. The molecule has 0 heterocycles. The first-order chi connectivity index (χ1) is 13.0. The van der Waals surface area contributed by atoms with Crippen molar-refractivity contribution in [2.45, 2.75) is 33.3 Å². The first-order valence-electron chi connectivity index (χ1n) is 9.27. The largest absolute Gasteiger partial charge is 0.489 e. The van der Waals surface area contributed by atoms with Gasteiger partial charge in [-0.1, -0.05) is 30.3 Å². The third kappa shape index (κ3) is 3.21. The Hall–Kier alpha value is -3.07. The highest BCUT2D eigenvalue weighted by Crippen LogP contribution is 2.41. The molecule has 0 bridgehead atoms. The predicted octanol–water partition coefficient (Wildman–Crippen LogP) is 5.26. The number of anilines is 1. The van der Waals surface area contributed by atoms with E-state index in [9.17, 15) is 4.79 Å². The van der Waals surface area contributed by atoms with Gasteiger partial charge in [-0.05, 0) is 72.4 Å². The molecule has 3 nitrogen and oxygen atoms in total. The zero-order valence-electron chi connectivity index (χ0n) is 15.7. The first-order valence-corrected chi connectivity index (χ1v) is 9.27. The predicted molar refractivity (Wildman–Crippen MR) is 109 cm³/mol. The van der Waals surface area contributed by atoms with E-state index in [0.29, 0.717) is 13.0 Å². The molecule has 4 rings (SSSR count). The molecule has 27 heavy (non-hydrogen) atoms. The van der Waals surface area contributed by atoms with Crippen LogP contribution in [0.3, 0.4) is 0 Å². The molecule has 0 fully saturated rings. The Labute approximate surface area is 159 Å². The third-order valence-electron chi connectivity index (χ3n) is 5.25. The average molecular weight is 357 g/mol. The van der Waals surface area contributed by atoms with Crippen molar-refractivity contribution >= 4 is 11.5 Å². The van der Waals surface area contributed by atoms with Crippen molar-refractivity contribution < 1.29 is 9.53 Å². The van der Waals surface area contributed by atoms with Gasteiger partial charge in [0.1, 0.15) is 12.4 Å². The zero-order valence-corrected chi connectivity index (χ0v) is 15.7. The molecule has 0 atom stereocenters. The third-order valence-corrected chi connectivity index (χ3v) is 5.25. The second-order valence-electron chi connectivity index (χ2n) is 7.19. The van der Waals surface area contributed by atoms with Gasteiger partial charge in [0, 0.05) is 23.2 Å². The number of rotatable bonds is 4. The Bertz CT molecular complexity index is 999. The standard InChI is InChI=1S/C24H23NO2/c1-15-12-18(27-14-17-6-4-3-5-7-17)13-16(2)23(15)24-20-9-11-22(26)19(20)8-10-21(24)25/h3-8,10,12-13H,9,11,14,25H2,1-2H3. The molecule has 0 aromatic heterocycles. The van der Waals surface area contributed by atoms with E-state index in [-0.39, 0.29) is 5.78 Å². The fourth-order valence-corrected chi connectivity index (χ4v) is 4.00. The minimum Gasteiger partial charge on any atom is -0.489 e. The molecule has 0 amide bonds. The number of aryl methyl sites for hydroxylation is 2. The lowest BCUT2D eigenvalue weighted by Gasteiger charge is -2.18. The van der Waals surface area contributed by atoms with Gasteiger partial charge in [0.05, 0.1) is 0 Å². The van der Waals surface area contributed by atoms with Gasteiger partial charge in [-0.15, -0.1) is 0 Å². The first kappa shape index (κ1) is 17.3. The molecule has 3 aromatic carbocycles. The van der Waals surface area contributed by atoms with Gasteiger partial charge in [-0.2, -0.15) is 0 Å². The van der Waals surface area contributed by atoms with Crippen LogP contribution in [0.5, 0.6) is 5.75 Å². The number of carbonyl (C=O) groups is 1. The molecule has 0 saturated heterocycles. The van der Waals surface area contributed by atoms with Gasteiger partial charge < -0.3 is 10.5 Å². The lowest BCUT2D eigenvalue weighted by molar-refractivity contribution is 0.0994. The summed E-state index contributed by atoms with van der Waals surface area (Å²) in [6.07, 6.45) is 1.34. The number of carbonyl (C=O) groups excluding carboxylic acids is 1. The van der Waals surface area contributed by atoms with Gasteiger partial charge in [-0.3, -0.25) is 4.79 Å². The van der Waals surface area contributed by atoms with Crippen molar-refractivity contribution in [3.05, 3.63) is 82.4 Å². The Morgan fingerprint density at radius 3 is 2.33 bits per heavy atom. The summed E-state index contributed by atoms with van der Waals surface area (Å²) in [4.78, 5) is 12.1. The smallest absolute Gasteiger partial charge is 0.163 e. The SMILES string of the molecule is Cc1cc(OCc2ccccc2)cc(C)c1-c1c(N)ccc2c1CCC2=O. The molecule has 1 aliphatic carbocycles. The maximum atomic E-state index is 12.1. The number of benzene rings is 3. The van der Waals surface area contributed by atoms with E-state index in [0.717, 1.165) is 56.8 Å². The summed E-state index contributed by atoms with van der Waals surface area (Å²) in [6.45, 7) is 4.69. The Morgan fingerprint density at radius 2 is 1.63 bits per heavy atom. The number of nitrogens with two attached hydrogens (primary N) is 1. The van der Waals surface area contributed by atoms with Crippen LogP contribution in [-0.4, -0.2) is 5.78 Å². The van der Waals surface area contributed by atoms with Crippen LogP contribution in [0, 0.1) is 13.8 Å². The van der Waals surface area contributed by atoms with E-state index in [2.05, 4.69) is 38.1 Å². The molecule has 0 radical (unpaired) electrons. The van der Waals surface area contributed by atoms with Crippen molar-refractivity contribution in [1.29, 1.82) is 0 Å². The summed E-state index contributed by atoms with van der Waals surface area (Å²) in [5.74, 6) is 1.06. The second kappa shape index (κ2) is 6.92. The van der Waals surface area contributed by atoms with Crippen LogP contribution in [0.25, 0.3) is 11.1 Å². The summed E-state index contributed by atoms with van der Waals surface area (Å²) in [5.41, 5.74) is 14.5. The fourth-order valence-electron chi connectivity index (χ4n) is 4.00. The minimum absolute atomic E-state index is 0.212. The van der Waals surface area contributed by atoms with E-state index in [4.69, 9.17) is 10.5 Å². The van der Waals surface area contributed by atoms with Crippen molar-refractivity contribution in [3.8, 4) is 16.9 Å². The van der Waals surface area contributed by atoms with Crippen LogP contribution in [0.2, 0.25) is 0 Å². The van der Waals surface area contributed by atoms with E-state index >= 15 is 0 Å². The molecule has 0 unspecified atom stereocenters. The van der Waals surface area contributed by atoms with Crippen LogP contribution < -0.4 is 10.5 Å². The highest BCUT2D eigenvalue weighted by atomic mass is 16.5. The van der Waals surface area contributed by atoms with Crippen LogP contribution in [-0.2, 0) is 13.0 Å². The van der Waals surface area contributed by atoms with Crippen LogP contribution in [0.15, 0.2) is 54.6 Å². The number of hydrogen-bond donors (Lipinski definition) is 1. The molecule has 136 valence electrons. The molecule has 0 aliphatic heterocycles. The molecular weight excluding hydrogens is 334 g/mol. The number of nitrogen functional groups attached to an aromatic ring is 1. The highest BCUT2D eigenvalue weighted by Gasteiger charge is 2.25. The maximum absolute atomic E-state index is 12.1. The van der Waals surface area contributed by atoms with Gasteiger partial charge >= 0.3 is 0 Å². The van der Waals surface area contributed by atoms with Crippen LogP contribution >= 0.6 is 0 Å². The van der Waals surface area contributed by atoms with Crippen molar-refractivity contribution in [1.82, 2.24) is 0 Å². The molecule has 1 aliphatic rings. The van der Waals surface area contributed by atoms with E-state index in [1.165, 1.54) is 0 Å². The van der Waals surface area contributed by atoms with E-state index < -0.39 is 0 Å². The normalized spacial score (nSPS) is 12.9. The molecule has 0 saturated carbocycles. The monoisotopic (exact) mass is 357 g/mol. The van der Waals surface area contributed by atoms with E-state index in [1.54, 1.807) is 0 Å². The van der Waals surface area contributed by atoms with Crippen LogP contribution in [0.1, 0.15) is 39.0 Å².